The number of nitrogens with one attached hydrogen (secondary N) is 2. The topological polar surface area (TPSA) is 57.4 Å². The van der Waals surface area contributed by atoms with Gasteiger partial charge in [-0.25, -0.2) is 0 Å². The Morgan fingerprint density at radius 2 is 2.07 bits per heavy atom. The van der Waals surface area contributed by atoms with E-state index in [1.54, 1.807) is 11.3 Å². The normalized spacial score (nSPS) is 16.4. The fourth-order valence-electron chi connectivity index (χ4n) is 3.67. The van der Waals surface area contributed by atoms with Crippen LogP contribution in [0.4, 0.5) is 0 Å². The van der Waals surface area contributed by atoms with Crippen molar-refractivity contribution in [2.45, 2.75) is 18.9 Å². The number of rotatable bonds is 7. The highest BCUT2D eigenvalue weighted by Crippen LogP contribution is 2.25. The van der Waals surface area contributed by atoms with Crippen LogP contribution in [0.3, 0.4) is 0 Å². The molecule has 2 N–H and O–H groups in total. The van der Waals surface area contributed by atoms with E-state index < -0.39 is 0 Å². The van der Waals surface area contributed by atoms with Crippen molar-refractivity contribution >= 4 is 28.1 Å². The van der Waals surface area contributed by atoms with Crippen molar-refractivity contribution in [3.8, 4) is 0 Å². The highest BCUT2D eigenvalue weighted by atomic mass is 32.1. The Bertz CT molecular complexity index is 869. The van der Waals surface area contributed by atoms with Gasteiger partial charge in [-0.05, 0) is 29.5 Å². The van der Waals surface area contributed by atoms with Crippen molar-refractivity contribution in [1.82, 2.24) is 15.2 Å². The summed E-state index contributed by atoms with van der Waals surface area (Å²) in [6, 6.07) is 12.7. The lowest BCUT2D eigenvalue weighted by atomic mass is 10.1. The first kappa shape index (κ1) is 18.2. The molecule has 1 saturated heterocycles. The molecule has 0 aliphatic carbocycles. The van der Waals surface area contributed by atoms with Gasteiger partial charge in [0.15, 0.2) is 0 Å². The van der Waals surface area contributed by atoms with Gasteiger partial charge in [-0.1, -0.05) is 24.3 Å². The Labute approximate surface area is 163 Å². The first-order chi connectivity index (χ1) is 13.3. The third-order valence-electron chi connectivity index (χ3n) is 5.15. The molecule has 1 unspecified atom stereocenters. The van der Waals surface area contributed by atoms with E-state index in [1.165, 1.54) is 15.8 Å². The van der Waals surface area contributed by atoms with E-state index in [1.807, 2.05) is 18.3 Å². The summed E-state index contributed by atoms with van der Waals surface area (Å²) in [4.78, 5) is 19.5. The second-order valence-corrected chi connectivity index (χ2v) is 7.82. The maximum Gasteiger partial charge on any atom is 0.220 e. The molecule has 5 nitrogen and oxygen atoms in total. The number of aromatic amines is 1. The number of thiophene rings is 1. The van der Waals surface area contributed by atoms with Crippen LogP contribution < -0.4 is 5.32 Å². The van der Waals surface area contributed by atoms with Gasteiger partial charge in [-0.3, -0.25) is 9.69 Å². The fourth-order valence-corrected chi connectivity index (χ4v) is 4.53. The van der Waals surface area contributed by atoms with E-state index in [0.29, 0.717) is 13.0 Å². The van der Waals surface area contributed by atoms with Crippen molar-refractivity contribution in [3.63, 3.8) is 0 Å². The van der Waals surface area contributed by atoms with Gasteiger partial charge < -0.3 is 15.0 Å². The van der Waals surface area contributed by atoms with Gasteiger partial charge in [0.1, 0.15) is 0 Å². The molecule has 1 aromatic carbocycles. The number of benzene rings is 1. The first-order valence-electron chi connectivity index (χ1n) is 9.48. The number of aromatic nitrogens is 1. The smallest absolute Gasteiger partial charge is 0.220 e. The maximum absolute atomic E-state index is 12.5. The number of ether oxygens (including phenoxy) is 1. The molecule has 27 heavy (non-hydrogen) atoms. The van der Waals surface area contributed by atoms with E-state index in [0.717, 1.165) is 38.2 Å². The Morgan fingerprint density at radius 1 is 1.22 bits per heavy atom. The average molecular weight is 384 g/mol. The lowest BCUT2D eigenvalue weighted by molar-refractivity contribution is -0.121. The number of amides is 1. The molecule has 1 atom stereocenters. The lowest BCUT2D eigenvalue weighted by Gasteiger charge is -2.34. The number of hydrogen-bond donors (Lipinski definition) is 2. The minimum Gasteiger partial charge on any atom is -0.379 e. The summed E-state index contributed by atoms with van der Waals surface area (Å²) in [5.74, 6) is 0.107. The third kappa shape index (κ3) is 4.40. The largest absolute Gasteiger partial charge is 0.379 e. The molecule has 1 amide bonds. The third-order valence-corrected chi connectivity index (χ3v) is 6.12. The van der Waals surface area contributed by atoms with Gasteiger partial charge in [0, 0.05) is 48.0 Å². The van der Waals surface area contributed by atoms with Crippen LogP contribution >= 0.6 is 11.3 Å². The second-order valence-electron chi connectivity index (χ2n) is 6.84. The van der Waals surface area contributed by atoms with Crippen LogP contribution in [-0.2, 0) is 16.0 Å². The van der Waals surface area contributed by atoms with E-state index in [4.69, 9.17) is 4.74 Å². The number of para-hydroxylation sites is 1. The van der Waals surface area contributed by atoms with Crippen LogP contribution in [0.25, 0.3) is 10.9 Å². The number of nitrogens with zero attached hydrogens (tertiary/aromatic N) is 1. The molecular weight excluding hydrogens is 358 g/mol. The zero-order chi connectivity index (χ0) is 18.5. The van der Waals surface area contributed by atoms with Gasteiger partial charge >= 0.3 is 0 Å². The Hall–Kier alpha value is -2.15. The number of hydrogen-bond acceptors (Lipinski definition) is 4. The maximum atomic E-state index is 12.5. The average Bonchev–Trinajstić information content (AvgIpc) is 3.38. The first-order valence-corrected chi connectivity index (χ1v) is 10.4. The minimum atomic E-state index is 0.107. The molecular formula is C21H25N3O2S. The number of carbonyl (C=O) groups excluding carboxylic acids is 1. The molecule has 1 aliphatic rings. The minimum absolute atomic E-state index is 0.107. The summed E-state index contributed by atoms with van der Waals surface area (Å²) in [7, 11) is 0. The molecule has 0 saturated carbocycles. The van der Waals surface area contributed by atoms with Crippen LogP contribution in [0.15, 0.2) is 48.0 Å². The summed E-state index contributed by atoms with van der Waals surface area (Å²) < 4.78 is 5.48. The fraction of sp³-hybridized carbons (Fsp3) is 0.381. The van der Waals surface area contributed by atoms with Gasteiger partial charge in [0.25, 0.3) is 0 Å². The van der Waals surface area contributed by atoms with Crippen LogP contribution in [0.5, 0.6) is 0 Å². The highest BCUT2D eigenvalue weighted by Gasteiger charge is 2.23. The number of morpholine rings is 1. The standard InChI is InChI=1S/C21H25N3O2S/c25-21(8-7-16-14-22-18-5-2-1-4-17(16)18)23-15-19(20-6-3-13-27-20)24-9-11-26-12-10-24/h1-6,13-14,19,22H,7-12,15H2,(H,23,25). The highest BCUT2D eigenvalue weighted by molar-refractivity contribution is 7.10. The van der Waals surface area contributed by atoms with Crippen molar-refractivity contribution in [2.75, 3.05) is 32.8 Å². The number of fused-ring (bicyclic) bond motifs is 1. The van der Waals surface area contributed by atoms with E-state index in [-0.39, 0.29) is 11.9 Å². The number of H-pyrrole nitrogens is 1. The molecule has 3 aromatic rings. The lowest BCUT2D eigenvalue weighted by Crippen LogP contribution is -2.43. The molecule has 0 radical (unpaired) electrons. The van der Waals surface area contributed by atoms with Crippen LogP contribution in [0, 0.1) is 0 Å². The summed E-state index contributed by atoms with van der Waals surface area (Å²) in [6.07, 6.45) is 3.26. The molecule has 3 heterocycles. The van der Waals surface area contributed by atoms with Crippen LogP contribution in [-0.4, -0.2) is 48.6 Å². The van der Waals surface area contributed by atoms with Gasteiger partial charge in [0.05, 0.1) is 19.3 Å². The molecule has 1 fully saturated rings. The zero-order valence-electron chi connectivity index (χ0n) is 15.3. The van der Waals surface area contributed by atoms with Crippen LogP contribution in [0.2, 0.25) is 0 Å². The Balaban J connectivity index is 1.34. The molecule has 0 spiro atoms. The quantitative estimate of drug-likeness (QED) is 0.658. The Morgan fingerprint density at radius 3 is 2.89 bits per heavy atom. The monoisotopic (exact) mass is 383 g/mol. The van der Waals surface area contributed by atoms with Crippen molar-refractivity contribution in [3.05, 3.63) is 58.4 Å². The summed E-state index contributed by atoms with van der Waals surface area (Å²) >= 11 is 1.75. The van der Waals surface area contributed by atoms with E-state index in [9.17, 15) is 4.79 Å². The van der Waals surface area contributed by atoms with Crippen molar-refractivity contribution < 1.29 is 9.53 Å². The summed E-state index contributed by atoms with van der Waals surface area (Å²) in [6.45, 7) is 3.99. The van der Waals surface area contributed by atoms with Gasteiger partial charge in [0.2, 0.25) is 5.91 Å². The summed E-state index contributed by atoms with van der Waals surface area (Å²) in [5, 5.41) is 6.46. The van der Waals surface area contributed by atoms with E-state index >= 15 is 0 Å². The zero-order valence-corrected chi connectivity index (χ0v) is 16.1. The number of carbonyl (C=O) groups is 1. The van der Waals surface area contributed by atoms with Gasteiger partial charge in [-0.15, -0.1) is 11.3 Å². The second kappa shape index (κ2) is 8.69. The molecule has 1 aliphatic heterocycles. The molecule has 2 aromatic heterocycles. The SMILES string of the molecule is O=C(CCc1c[nH]c2ccccc12)NCC(c1cccs1)N1CCOCC1. The van der Waals surface area contributed by atoms with Crippen molar-refractivity contribution in [2.24, 2.45) is 0 Å². The number of aryl methyl sites for hydroxylation is 1. The van der Waals surface area contributed by atoms with Crippen LogP contribution in [0.1, 0.15) is 22.9 Å². The predicted octanol–water partition coefficient (Wildman–Crippen LogP) is 3.35. The molecule has 0 bridgehead atoms. The molecule has 142 valence electrons. The van der Waals surface area contributed by atoms with Crippen molar-refractivity contribution in [1.29, 1.82) is 0 Å². The molecule has 4 rings (SSSR count). The van der Waals surface area contributed by atoms with E-state index in [2.05, 4.69) is 44.8 Å². The Kier molecular flexibility index (Phi) is 5.87. The molecule has 6 heteroatoms. The van der Waals surface area contributed by atoms with Gasteiger partial charge in [-0.2, -0.15) is 0 Å². The predicted molar refractivity (Wildman–Crippen MR) is 109 cm³/mol. The summed E-state index contributed by atoms with van der Waals surface area (Å²) in [5.41, 5.74) is 2.32.